The van der Waals surface area contributed by atoms with Gasteiger partial charge < -0.3 is 14.4 Å². The highest BCUT2D eigenvalue weighted by Crippen LogP contribution is 2.28. The molecule has 0 aliphatic heterocycles. The number of hydrogen-bond donors (Lipinski definition) is 1. The molecule has 2 aromatic heterocycles. The fourth-order valence-corrected chi connectivity index (χ4v) is 2.79. The molecule has 30 heavy (non-hydrogen) atoms. The molecule has 0 aliphatic rings. The molecule has 1 N–H and O–H groups in total. The lowest BCUT2D eigenvalue weighted by Gasteiger charge is -2.11. The van der Waals surface area contributed by atoms with Gasteiger partial charge in [-0.2, -0.15) is 4.98 Å². The summed E-state index contributed by atoms with van der Waals surface area (Å²) in [6.07, 6.45) is 0. The van der Waals surface area contributed by atoms with Crippen LogP contribution in [0.5, 0.6) is 0 Å². The molecule has 4 rings (SSSR count). The maximum atomic E-state index is 12.4. The zero-order chi connectivity index (χ0) is 21.3. The van der Waals surface area contributed by atoms with Crippen LogP contribution in [0, 0.1) is 6.92 Å². The number of carbonyl (C=O) groups excluding carboxylic acids is 1. The fourth-order valence-electron chi connectivity index (χ4n) is 2.79. The predicted molar refractivity (Wildman–Crippen MR) is 113 cm³/mol. The Balaban J connectivity index is 1.48. The Labute approximate surface area is 174 Å². The summed E-state index contributed by atoms with van der Waals surface area (Å²) in [5.74, 6) is 1.25. The Morgan fingerprint density at radius 1 is 0.933 bits per heavy atom. The molecule has 0 atom stereocenters. The molecule has 0 fully saturated rings. The molecular weight excluding hydrogens is 380 g/mol. The van der Waals surface area contributed by atoms with Gasteiger partial charge in [-0.15, -0.1) is 0 Å². The lowest BCUT2D eigenvalue weighted by Crippen LogP contribution is -2.11. The number of aryl methyl sites for hydroxylation is 1. The van der Waals surface area contributed by atoms with E-state index >= 15 is 0 Å². The molecule has 0 unspecified atom stereocenters. The van der Waals surface area contributed by atoms with Crippen LogP contribution in [0.1, 0.15) is 42.5 Å². The fraction of sp³-hybridized carbons (Fsp3) is 0.217. The predicted octanol–water partition coefficient (Wildman–Crippen LogP) is 5.25. The second kappa shape index (κ2) is 7.59. The second-order valence-corrected chi connectivity index (χ2v) is 8.15. The summed E-state index contributed by atoms with van der Waals surface area (Å²) in [6, 6.07) is 16.5. The highest BCUT2D eigenvalue weighted by atomic mass is 16.5. The van der Waals surface area contributed by atoms with Crippen molar-refractivity contribution in [2.24, 2.45) is 0 Å². The van der Waals surface area contributed by atoms with Gasteiger partial charge >= 0.3 is 0 Å². The summed E-state index contributed by atoms with van der Waals surface area (Å²) in [7, 11) is 0. The van der Waals surface area contributed by atoms with E-state index in [2.05, 4.69) is 20.6 Å². The molecule has 7 nitrogen and oxygen atoms in total. The van der Waals surface area contributed by atoms with Crippen LogP contribution in [0.2, 0.25) is 0 Å². The lowest BCUT2D eigenvalue weighted by molar-refractivity contribution is 0.102. The maximum absolute atomic E-state index is 12.4. The molecule has 0 saturated carbocycles. The van der Waals surface area contributed by atoms with Crippen molar-refractivity contribution in [3.8, 4) is 23.0 Å². The van der Waals surface area contributed by atoms with Gasteiger partial charge in [0.2, 0.25) is 5.82 Å². The van der Waals surface area contributed by atoms with Crippen molar-refractivity contribution in [1.29, 1.82) is 0 Å². The van der Waals surface area contributed by atoms with Gasteiger partial charge in [-0.1, -0.05) is 60.9 Å². The summed E-state index contributed by atoms with van der Waals surface area (Å²) in [6.45, 7) is 8.10. The zero-order valence-corrected chi connectivity index (χ0v) is 17.3. The molecule has 0 radical (unpaired) electrons. The molecule has 0 saturated heterocycles. The van der Waals surface area contributed by atoms with Crippen LogP contribution in [-0.2, 0) is 5.41 Å². The number of rotatable bonds is 4. The van der Waals surface area contributed by atoms with Gasteiger partial charge in [-0.05, 0) is 31.2 Å². The van der Waals surface area contributed by atoms with E-state index in [1.165, 1.54) is 0 Å². The SMILES string of the molecule is Cc1ccc(NC(=O)c2ccc(-c3noc(-c4cc(C(C)(C)C)on4)n3)cc2)cc1. The molecule has 1 amide bonds. The molecule has 152 valence electrons. The average molecular weight is 402 g/mol. The van der Waals surface area contributed by atoms with Gasteiger partial charge in [0.15, 0.2) is 5.69 Å². The number of anilines is 1. The first-order chi connectivity index (χ1) is 14.3. The lowest BCUT2D eigenvalue weighted by atomic mass is 9.93. The first-order valence-corrected chi connectivity index (χ1v) is 9.59. The largest absolute Gasteiger partial charge is 0.360 e. The third kappa shape index (κ3) is 4.15. The van der Waals surface area contributed by atoms with Gasteiger partial charge in [-0.3, -0.25) is 4.79 Å². The first-order valence-electron chi connectivity index (χ1n) is 9.59. The third-order valence-corrected chi connectivity index (χ3v) is 4.61. The Morgan fingerprint density at radius 2 is 1.63 bits per heavy atom. The summed E-state index contributed by atoms with van der Waals surface area (Å²) in [5.41, 5.74) is 3.48. The van der Waals surface area contributed by atoms with Crippen molar-refractivity contribution in [3.63, 3.8) is 0 Å². The topological polar surface area (TPSA) is 94.1 Å². The Hall–Kier alpha value is -3.74. The normalized spacial score (nSPS) is 11.5. The van der Waals surface area contributed by atoms with E-state index in [-0.39, 0.29) is 17.2 Å². The van der Waals surface area contributed by atoms with E-state index in [0.29, 0.717) is 17.1 Å². The molecule has 4 aromatic rings. The summed E-state index contributed by atoms with van der Waals surface area (Å²) >= 11 is 0. The van der Waals surface area contributed by atoms with E-state index in [9.17, 15) is 4.79 Å². The third-order valence-electron chi connectivity index (χ3n) is 4.61. The molecular formula is C23H22N4O3. The summed E-state index contributed by atoms with van der Waals surface area (Å²) in [5, 5.41) is 10.9. The van der Waals surface area contributed by atoms with Gasteiger partial charge in [0.05, 0.1) is 0 Å². The minimum Gasteiger partial charge on any atom is -0.360 e. The van der Waals surface area contributed by atoms with Gasteiger partial charge in [0.25, 0.3) is 11.8 Å². The number of hydrogen-bond acceptors (Lipinski definition) is 6. The van der Waals surface area contributed by atoms with Gasteiger partial charge in [0.1, 0.15) is 5.76 Å². The minimum absolute atomic E-state index is 0.164. The van der Waals surface area contributed by atoms with E-state index in [0.717, 1.165) is 22.6 Å². The quantitative estimate of drug-likeness (QED) is 0.501. The second-order valence-electron chi connectivity index (χ2n) is 8.15. The summed E-state index contributed by atoms with van der Waals surface area (Å²) < 4.78 is 10.7. The monoisotopic (exact) mass is 402 g/mol. The van der Waals surface area contributed by atoms with Crippen molar-refractivity contribution in [2.75, 3.05) is 5.32 Å². The van der Waals surface area contributed by atoms with Crippen molar-refractivity contribution < 1.29 is 13.8 Å². The smallest absolute Gasteiger partial charge is 0.280 e. The van der Waals surface area contributed by atoms with Crippen LogP contribution >= 0.6 is 0 Å². The van der Waals surface area contributed by atoms with Crippen LogP contribution in [-0.4, -0.2) is 21.2 Å². The van der Waals surface area contributed by atoms with Crippen LogP contribution in [0.3, 0.4) is 0 Å². The maximum Gasteiger partial charge on any atom is 0.280 e. The Bertz CT molecular complexity index is 1170. The van der Waals surface area contributed by atoms with Crippen molar-refractivity contribution in [3.05, 3.63) is 71.5 Å². The molecule has 2 aromatic carbocycles. The van der Waals surface area contributed by atoms with Gasteiger partial charge in [-0.25, -0.2) is 0 Å². The summed E-state index contributed by atoms with van der Waals surface area (Å²) in [4.78, 5) is 16.8. The number of benzene rings is 2. The standard InChI is InChI=1S/C23H22N4O3/c1-14-5-11-17(12-6-14)24-21(28)16-9-7-15(8-10-16)20-25-22(30-27-20)18-13-19(29-26-18)23(2,3)4/h5-13H,1-4H3,(H,24,28). The van der Waals surface area contributed by atoms with E-state index in [1.54, 1.807) is 30.3 Å². The minimum atomic E-state index is -0.184. The van der Waals surface area contributed by atoms with E-state index in [4.69, 9.17) is 9.05 Å². The number of carbonyl (C=O) groups is 1. The number of nitrogens with zero attached hydrogens (tertiary/aromatic N) is 3. The molecule has 0 bridgehead atoms. The molecule has 0 aliphatic carbocycles. The number of nitrogens with one attached hydrogen (secondary N) is 1. The van der Waals surface area contributed by atoms with E-state index in [1.807, 2.05) is 52.0 Å². The van der Waals surface area contributed by atoms with Crippen LogP contribution in [0.15, 0.2) is 63.6 Å². The number of aromatic nitrogens is 3. The first kappa shape index (κ1) is 19.6. The van der Waals surface area contributed by atoms with E-state index < -0.39 is 0 Å². The van der Waals surface area contributed by atoms with Crippen molar-refractivity contribution >= 4 is 11.6 Å². The molecule has 2 heterocycles. The van der Waals surface area contributed by atoms with Crippen LogP contribution in [0.25, 0.3) is 23.0 Å². The number of amides is 1. The van der Waals surface area contributed by atoms with Crippen LogP contribution in [0.4, 0.5) is 5.69 Å². The molecule has 7 heteroatoms. The van der Waals surface area contributed by atoms with Crippen molar-refractivity contribution in [1.82, 2.24) is 15.3 Å². The van der Waals surface area contributed by atoms with Gasteiger partial charge in [0, 0.05) is 28.3 Å². The van der Waals surface area contributed by atoms with Crippen LogP contribution < -0.4 is 5.32 Å². The molecule has 0 spiro atoms. The Morgan fingerprint density at radius 3 is 2.27 bits per heavy atom. The highest BCUT2D eigenvalue weighted by molar-refractivity contribution is 6.04. The zero-order valence-electron chi connectivity index (χ0n) is 17.3. The Kier molecular flexibility index (Phi) is 4.95. The average Bonchev–Trinajstić information content (AvgIpc) is 3.39. The highest BCUT2D eigenvalue weighted by Gasteiger charge is 2.22. The van der Waals surface area contributed by atoms with Crippen molar-refractivity contribution in [2.45, 2.75) is 33.1 Å².